The lowest BCUT2D eigenvalue weighted by Gasteiger charge is -2.70. The predicted molar refractivity (Wildman–Crippen MR) is 225 cm³/mol. The van der Waals surface area contributed by atoms with E-state index in [0.29, 0.717) is 25.4 Å². The third kappa shape index (κ3) is 7.40. The number of aliphatic hydroxyl groups excluding tert-OH is 9. The fourth-order valence-corrected chi connectivity index (χ4v) is 15.9. The van der Waals surface area contributed by atoms with Gasteiger partial charge in [0.2, 0.25) is 0 Å². The molecule has 0 amide bonds. The molecule has 5 heterocycles. The maximum absolute atomic E-state index is 12.2. The van der Waals surface area contributed by atoms with Crippen LogP contribution >= 0.6 is 0 Å². The van der Waals surface area contributed by atoms with Crippen LogP contribution in [0.4, 0.5) is 0 Å². The zero-order valence-electron chi connectivity index (χ0n) is 38.8. The highest BCUT2D eigenvalue weighted by molar-refractivity contribution is 5.26. The summed E-state index contributed by atoms with van der Waals surface area (Å²) in [7, 11) is 0. The van der Waals surface area contributed by atoms with Gasteiger partial charge in [-0.1, -0.05) is 39.3 Å². The molecule has 0 aromatic carbocycles. The maximum Gasteiger partial charge on any atom is 0.187 e. The molecule has 0 aromatic heterocycles. The molecule has 0 radical (unpaired) electrons. The molecule has 9 rings (SSSR count). The number of rotatable bonds is 10. The average molecular weight is 929 g/mol. The summed E-state index contributed by atoms with van der Waals surface area (Å²) in [5.41, 5.74) is -0.514. The van der Waals surface area contributed by atoms with Crippen LogP contribution in [-0.4, -0.2) is 187 Å². The van der Waals surface area contributed by atoms with E-state index in [0.717, 1.165) is 44.1 Å². The molecule has 9 fully saturated rings. The second kappa shape index (κ2) is 17.1. The number of allylic oxidation sites excluding steroid dienone is 1. The van der Waals surface area contributed by atoms with Gasteiger partial charge in [0, 0.05) is 24.2 Å². The van der Waals surface area contributed by atoms with Crippen molar-refractivity contribution in [2.24, 2.45) is 45.3 Å². The Balaban J connectivity index is 0.929. The molecule has 5 saturated heterocycles. The SMILES string of the molecule is CC(C)=C[C@H]1C[C@](C)(O)C2[C@H]3CCC4[C@@]5(C)CC[C@H](O[C@@H]6O[C@H](CO)[C@@H](O)[C@H](O[C@@H]7O[C@H](CO)[C@@H](O)[C@H](O)[C@H]7O[C@@H]7O[C@H](CO)[C@@H](O)[C@@H]7O)[C@H]6O)C(C)(C)C5CC[C@@]4(C)[C@@]34CO[C@@]2(C4)O1. The van der Waals surface area contributed by atoms with Crippen molar-refractivity contribution in [1.82, 2.24) is 0 Å². The molecule has 372 valence electrons. The number of ether oxygens (including phenoxy) is 8. The lowest BCUT2D eigenvalue weighted by molar-refractivity contribution is -0.381. The van der Waals surface area contributed by atoms with Gasteiger partial charge in [-0.15, -0.1) is 0 Å². The van der Waals surface area contributed by atoms with Gasteiger partial charge in [-0.2, -0.15) is 0 Å². The molecule has 9 aliphatic rings. The Labute approximate surface area is 381 Å². The van der Waals surface area contributed by atoms with Gasteiger partial charge in [0.05, 0.1) is 44.2 Å². The summed E-state index contributed by atoms with van der Waals surface area (Å²) in [6, 6.07) is 0. The van der Waals surface area contributed by atoms with Crippen LogP contribution in [0.25, 0.3) is 0 Å². The van der Waals surface area contributed by atoms with E-state index in [2.05, 4.69) is 47.6 Å². The van der Waals surface area contributed by atoms with Crippen LogP contribution < -0.4 is 0 Å². The Kier molecular flexibility index (Phi) is 12.9. The van der Waals surface area contributed by atoms with Crippen LogP contribution in [0.5, 0.6) is 0 Å². The van der Waals surface area contributed by atoms with Crippen molar-refractivity contribution in [2.75, 3.05) is 26.4 Å². The summed E-state index contributed by atoms with van der Waals surface area (Å²) >= 11 is 0. The van der Waals surface area contributed by atoms with E-state index in [4.69, 9.17) is 37.9 Å². The number of fused-ring (bicyclic) bond motifs is 4. The van der Waals surface area contributed by atoms with Crippen LogP contribution in [0.3, 0.4) is 0 Å². The van der Waals surface area contributed by atoms with Gasteiger partial charge >= 0.3 is 0 Å². The van der Waals surface area contributed by atoms with Gasteiger partial charge in [0.15, 0.2) is 24.7 Å². The van der Waals surface area contributed by atoms with E-state index in [1.165, 1.54) is 0 Å². The highest BCUT2D eigenvalue weighted by Crippen LogP contribution is 2.80. The van der Waals surface area contributed by atoms with Crippen LogP contribution in [0.15, 0.2) is 11.6 Å². The topological polar surface area (TPSA) is 276 Å². The molecule has 0 aromatic rings. The monoisotopic (exact) mass is 929 g/mol. The van der Waals surface area contributed by atoms with Crippen molar-refractivity contribution in [2.45, 2.75) is 209 Å². The number of hydrogen-bond acceptors (Lipinski definition) is 18. The first-order chi connectivity index (χ1) is 30.5. The molecular formula is C47H76O18. The molecule has 5 aliphatic heterocycles. The van der Waals surface area contributed by atoms with Gasteiger partial charge in [0.25, 0.3) is 0 Å². The molecule has 18 nitrogen and oxygen atoms in total. The van der Waals surface area contributed by atoms with E-state index in [-0.39, 0.29) is 40.1 Å². The molecule has 3 unspecified atom stereocenters. The highest BCUT2D eigenvalue weighted by atomic mass is 16.8. The summed E-state index contributed by atoms with van der Waals surface area (Å²) in [6.07, 6.45) is -13.9. The van der Waals surface area contributed by atoms with Gasteiger partial charge in [-0.05, 0) is 93.3 Å². The summed E-state index contributed by atoms with van der Waals surface area (Å²) < 4.78 is 49.8. The van der Waals surface area contributed by atoms with Crippen LogP contribution in [0.1, 0.15) is 99.8 Å². The molecule has 2 bridgehead atoms. The third-order valence-electron chi connectivity index (χ3n) is 18.8. The zero-order valence-corrected chi connectivity index (χ0v) is 38.8. The van der Waals surface area contributed by atoms with Crippen LogP contribution in [0, 0.1) is 45.3 Å². The van der Waals surface area contributed by atoms with Crippen molar-refractivity contribution < 1.29 is 89.0 Å². The minimum absolute atomic E-state index is 0.0707. The van der Waals surface area contributed by atoms with Gasteiger partial charge in [-0.25, -0.2) is 0 Å². The quantitative estimate of drug-likeness (QED) is 0.102. The number of hydrogen-bond donors (Lipinski definition) is 10. The molecule has 2 spiro atoms. The molecule has 4 aliphatic carbocycles. The Bertz CT molecular complexity index is 1760. The minimum atomic E-state index is -1.82. The second-order valence-electron chi connectivity index (χ2n) is 22.9. The first-order valence-corrected chi connectivity index (χ1v) is 24.1. The van der Waals surface area contributed by atoms with Crippen LogP contribution in [0.2, 0.25) is 0 Å². The van der Waals surface area contributed by atoms with Crippen LogP contribution in [-0.2, 0) is 37.9 Å². The predicted octanol–water partition coefficient (Wildman–Crippen LogP) is -0.0333. The van der Waals surface area contributed by atoms with Crippen molar-refractivity contribution >= 4 is 0 Å². The Morgan fingerprint density at radius 3 is 1.89 bits per heavy atom. The second-order valence-corrected chi connectivity index (χ2v) is 22.9. The molecule has 18 heteroatoms. The number of aliphatic hydroxyl groups is 10. The lowest BCUT2D eigenvalue weighted by Crippen LogP contribution is -2.68. The molecular weight excluding hydrogens is 852 g/mol. The van der Waals surface area contributed by atoms with Crippen molar-refractivity contribution in [3.05, 3.63) is 11.6 Å². The molecule has 65 heavy (non-hydrogen) atoms. The van der Waals surface area contributed by atoms with Gasteiger partial charge in [0.1, 0.15) is 67.1 Å². The van der Waals surface area contributed by atoms with E-state index in [1.807, 2.05) is 6.92 Å². The summed E-state index contributed by atoms with van der Waals surface area (Å²) in [5.74, 6) is -0.0704. The third-order valence-corrected chi connectivity index (χ3v) is 18.8. The highest BCUT2D eigenvalue weighted by Gasteiger charge is 2.81. The summed E-state index contributed by atoms with van der Waals surface area (Å²) in [6.45, 7) is 14.0. The molecule has 4 saturated carbocycles. The van der Waals surface area contributed by atoms with Gasteiger partial charge < -0.3 is 89.0 Å². The first-order valence-electron chi connectivity index (χ1n) is 24.1. The average Bonchev–Trinajstić information content (AvgIpc) is 3.86. The fourth-order valence-electron chi connectivity index (χ4n) is 15.9. The smallest absolute Gasteiger partial charge is 0.187 e. The summed E-state index contributed by atoms with van der Waals surface area (Å²) in [5, 5.41) is 108. The van der Waals surface area contributed by atoms with Gasteiger partial charge in [-0.3, -0.25) is 0 Å². The van der Waals surface area contributed by atoms with E-state index >= 15 is 0 Å². The Morgan fingerprint density at radius 2 is 1.25 bits per heavy atom. The normalized spacial score (nSPS) is 56.9. The largest absolute Gasteiger partial charge is 0.394 e. The van der Waals surface area contributed by atoms with E-state index in [9.17, 15) is 51.1 Å². The molecule has 25 atom stereocenters. The Hall–Kier alpha value is -0.980. The van der Waals surface area contributed by atoms with E-state index < -0.39 is 129 Å². The Morgan fingerprint density at radius 1 is 0.646 bits per heavy atom. The van der Waals surface area contributed by atoms with Crippen molar-refractivity contribution in [3.63, 3.8) is 0 Å². The first kappa shape index (κ1) is 49.0. The fraction of sp³-hybridized carbons (Fsp3) is 0.957. The molecule has 10 N–H and O–H groups in total. The maximum atomic E-state index is 12.2. The van der Waals surface area contributed by atoms with Crippen molar-refractivity contribution in [1.29, 1.82) is 0 Å². The lowest BCUT2D eigenvalue weighted by atomic mass is 9.35. The van der Waals surface area contributed by atoms with E-state index in [1.54, 1.807) is 0 Å². The summed E-state index contributed by atoms with van der Waals surface area (Å²) in [4.78, 5) is 0. The van der Waals surface area contributed by atoms with Crippen molar-refractivity contribution in [3.8, 4) is 0 Å². The standard InChI is InChI=1S/C47H76O18/c1-21(2)14-22-15-45(7,57)38-23-8-9-28-43(5)12-11-29(42(3,4)27(43)10-13-44(28,6)46(23)19-47(38,65-22)58-20-46)62-40-35(56)36(32(53)26(18-50)60-40)63-41-37(33(54)30(51)24(16-48)61-41)64-39-34(55)31(52)25(17-49)59-39/h14,22-41,48-57H,8-13,15-20H2,1-7H3/t22-,23+,24+,25+,26+,27?,28?,29-,30+,31+,32+,33-,34-,35+,36-,37+,38?,39-,40-,41-,43-,44+,45-,46-,47-/m0/s1. The zero-order chi connectivity index (χ0) is 47.0. The minimum Gasteiger partial charge on any atom is -0.394 e.